The summed E-state index contributed by atoms with van der Waals surface area (Å²) in [5.41, 5.74) is 3.33. The van der Waals surface area contributed by atoms with E-state index < -0.39 is 0 Å². The van der Waals surface area contributed by atoms with Crippen LogP contribution in [-0.2, 0) is 17.9 Å². The van der Waals surface area contributed by atoms with Gasteiger partial charge in [0.25, 0.3) is 5.91 Å². The van der Waals surface area contributed by atoms with Gasteiger partial charge in [-0.2, -0.15) is 0 Å². The second kappa shape index (κ2) is 10.8. The molecule has 0 saturated carbocycles. The number of rotatable bonds is 3. The lowest BCUT2D eigenvalue weighted by Crippen LogP contribution is -2.45. The molecule has 1 aromatic heterocycles. The minimum absolute atomic E-state index is 0.00676. The Kier molecular flexibility index (Phi) is 7.30. The van der Waals surface area contributed by atoms with Gasteiger partial charge in [0.1, 0.15) is 5.69 Å². The van der Waals surface area contributed by atoms with Crippen molar-refractivity contribution in [3.05, 3.63) is 89.0 Å². The smallest absolute Gasteiger partial charge is 0.274 e. The summed E-state index contributed by atoms with van der Waals surface area (Å²) >= 11 is 6.13. The maximum atomic E-state index is 13.7. The van der Waals surface area contributed by atoms with E-state index >= 15 is 0 Å². The van der Waals surface area contributed by atoms with E-state index in [1.807, 2.05) is 46.2 Å². The van der Waals surface area contributed by atoms with Gasteiger partial charge in [0.15, 0.2) is 0 Å². The molecule has 5 rings (SSSR count). The number of aromatic nitrogens is 2. The Bertz CT molecular complexity index is 1220. The average molecular weight is 504 g/mol. The molecular weight excluding hydrogens is 474 g/mol. The standard InChI is InChI=1S/C28H30ClN5O2/c1-20(35)33-15-12-24-10-11-25(34(24)17-21-6-8-23(29)9-7-21)19-32(18-22-4-2-3-5-27(22)33)28(36)26-16-30-13-14-31-26/h2-9,13-14,16,24-25H,10-12,15,17-19H2,1H3/t24-,25+/m1/s1. The summed E-state index contributed by atoms with van der Waals surface area (Å²) in [5.74, 6) is -0.145. The predicted molar refractivity (Wildman–Crippen MR) is 140 cm³/mol. The molecule has 0 unspecified atom stereocenters. The van der Waals surface area contributed by atoms with Gasteiger partial charge in [-0.15, -0.1) is 0 Å². The fourth-order valence-electron chi connectivity index (χ4n) is 5.46. The van der Waals surface area contributed by atoms with E-state index in [9.17, 15) is 9.59 Å². The molecule has 36 heavy (non-hydrogen) atoms. The van der Waals surface area contributed by atoms with Crippen LogP contribution in [0.4, 0.5) is 5.69 Å². The molecule has 2 aromatic carbocycles. The second-order valence-electron chi connectivity index (χ2n) is 9.55. The number of carbonyl (C=O) groups is 2. The van der Waals surface area contributed by atoms with Crippen molar-refractivity contribution in [1.82, 2.24) is 19.8 Å². The monoisotopic (exact) mass is 503 g/mol. The number of fused-ring (bicyclic) bond motifs is 3. The first-order valence-corrected chi connectivity index (χ1v) is 12.8. The molecule has 1 saturated heterocycles. The van der Waals surface area contributed by atoms with Gasteiger partial charge in [-0.3, -0.25) is 19.5 Å². The Balaban J connectivity index is 1.53. The molecule has 2 bridgehead atoms. The maximum Gasteiger partial charge on any atom is 0.274 e. The van der Waals surface area contributed by atoms with E-state index in [-0.39, 0.29) is 17.9 Å². The third-order valence-electron chi connectivity index (χ3n) is 7.26. The number of hydrogen-bond donors (Lipinski definition) is 0. The van der Waals surface area contributed by atoms with Crippen molar-refractivity contribution in [3.8, 4) is 0 Å². The molecule has 7 nitrogen and oxygen atoms in total. The van der Waals surface area contributed by atoms with Gasteiger partial charge in [-0.1, -0.05) is 41.9 Å². The van der Waals surface area contributed by atoms with Crippen LogP contribution in [0.15, 0.2) is 67.1 Å². The third kappa shape index (κ3) is 5.27. The molecule has 2 aliphatic rings. The summed E-state index contributed by atoms with van der Waals surface area (Å²) in [6.07, 6.45) is 7.52. The van der Waals surface area contributed by atoms with Crippen molar-refractivity contribution < 1.29 is 9.59 Å². The number of amides is 2. The van der Waals surface area contributed by atoms with Crippen molar-refractivity contribution >= 4 is 29.1 Å². The van der Waals surface area contributed by atoms with Gasteiger partial charge in [0, 0.05) is 68.3 Å². The minimum atomic E-state index is -0.151. The van der Waals surface area contributed by atoms with E-state index in [4.69, 9.17) is 11.6 Å². The molecule has 0 N–H and O–H groups in total. The summed E-state index contributed by atoms with van der Waals surface area (Å²) in [5, 5.41) is 0.717. The summed E-state index contributed by atoms with van der Waals surface area (Å²) in [4.78, 5) is 41.0. The normalized spacial score (nSPS) is 20.5. The Morgan fingerprint density at radius 2 is 1.78 bits per heavy atom. The van der Waals surface area contributed by atoms with Crippen molar-refractivity contribution in [2.24, 2.45) is 0 Å². The Hall–Kier alpha value is -3.29. The highest BCUT2D eigenvalue weighted by Gasteiger charge is 2.37. The van der Waals surface area contributed by atoms with Crippen LogP contribution in [0.2, 0.25) is 5.02 Å². The van der Waals surface area contributed by atoms with Crippen LogP contribution in [0.25, 0.3) is 0 Å². The fourth-order valence-corrected chi connectivity index (χ4v) is 5.59. The minimum Gasteiger partial charge on any atom is -0.331 e. The summed E-state index contributed by atoms with van der Waals surface area (Å²) in [6.45, 7) is 3.99. The van der Waals surface area contributed by atoms with E-state index in [1.165, 1.54) is 11.8 Å². The predicted octanol–water partition coefficient (Wildman–Crippen LogP) is 4.56. The van der Waals surface area contributed by atoms with Gasteiger partial charge in [-0.05, 0) is 48.6 Å². The van der Waals surface area contributed by atoms with Crippen molar-refractivity contribution in [2.45, 2.75) is 51.4 Å². The summed E-state index contributed by atoms with van der Waals surface area (Å²) in [6, 6.07) is 16.4. The maximum absolute atomic E-state index is 13.7. The van der Waals surface area contributed by atoms with Gasteiger partial charge < -0.3 is 9.80 Å². The van der Waals surface area contributed by atoms with Crippen LogP contribution in [-0.4, -0.2) is 56.8 Å². The van der Waals surface area contributed by atoms with Crippen molar-refractivity contribution in [2.75, 3.05) is 18.0 Å². The third-order valence-corrected chi connectivity index (χ3v) is 7.51. The van der Waals surface area contributed by atoms with Crippen LogP contribution in [0.5, 0.6) is 0 Å². The molecule has 2 atom stereocenters. The molecule has 0 radical (unpaired) electrons. The Morgan fingerprint density at radius 1 is 1.00 bits per heavy atom. The molecule has 2 aliphatic heterocycles. The Morgan fingerprint density at radius 3 is 2.53 bits per heavy atom. The number of hydrogen-bond acceptors (Lipinski definition) is 5. The highest BCUT2D eigenvalue weighted by molar-refractivity contribution is 6.30. The van der Waals surface area contributed by atoms with Gasteiger partial charge >= 0.3 is 0 Å². The average Bonchev–Trinajstić information content (AvgIpc) is 3.25. The fraction of sp³-hybridized carbons (Fsp3) is 0.357. The quantitative estimate of drug-likeness (QED) is 0.524. The zero-order valence-corrected chi connectivity index (χ0v) is 21.1. The first kappa shape index (κ1) is 24.4. The molecular formula is C28H30ClN5O2. The highest BCUT2D eigenvalue weighted by atomic mass is 35.5. The molecule has 2 amide bonds. The van der Waals surface area contributed by atoms with E-state index in [0.717, 1.165) is 42.1 Å². The molecule has 0 aliphatic carbocycles. The summed E-state index contributed by atoms with van der Waals surface area (Å²) in [7, 11) is 0. The van der Waals surface area contributed by atoms with Crippen LogP contribution < -0.4 is 4.90 Å². The first-order valence-electron chi connectivity index (χ1n) is 12.4. The zero-order chi connectivity index (χ0) is 25.1. The number of halogens is 1. The number of nitrogens with zero attached hydrogens (tertiary/aromatic N) is 5. The molecule has 0 spiro atoms. The lowest BCUT2D eigenvalue weighted by molar-refractivity contribution is -0.116. The van der Waals surface area contributed by atoms with Gasteiger partial charge in [0.05, 0.1) is 6.20 Å². The van der Waals surface area contributed by atoms with Crippen molar-refractivity contribution in [1.29, 1.82) is 0 Å². The van der Waals surface area contributed by atoms with Crippen LogP contribution in [0.1, 0.15) is 47.8 Å². The van der Waals surface area contributed by atoms with E-state index in [2.05, 4.69) is 27.0 Å². The van der Waals surface area contributed by atoms with Crippen LogP contribution in [0, 0.1) is 0 Å². The van der Waals surface area contributed by atoms with Gasteiger partial charge in [-0.25, -0.2) is 4.98 Å². The molecule has 186 valence electrons. The Labute approximate surface area is 216 Å². The molecule has 3 heterocycles. The summed E-state index contributed by atoms with van der Waals surface area (Å²) < 4.78 is 0. The van der Waals surface area contributed by atoms with E-state index in [1.54, 1.807) is 19.3 Å². The largest absolute Gasteiger partial charge is 0.331 e. The number of benzene rings is 2. The number of anilines is 1. The molecule has 8 heteroatoms. The number of carbonyl (C=O) groups excluding carboxylic acids is 2. The molecule has 3 aromatic rings. The van der Waals surface area contributed by atoms with Crippen molar-refractivity contribution in [3.63, 3.8) is 0 Å². The van der Waals surface area contributed by atoms with Crippen LogP contribution >= 0.6 is 11.6 Å². The lowest BCUT2D eigenvalue weighted by atomic mass is 10.1. The van der Waals surface area contributed by atoms with Gasteiger partial charge in [0.2, 0.25) is 5.91 Å². The zero-order valence-electron chi connectivity index (χ0n) is 20.4. The second-order valence-corrected chi connectivity index (χ2v) is 9.98. The first-order chi connectivity index (χ1) is 17.5. The lowest BCUT2D eigenvalue weighted by Gasteiger charge is -2.33. The van der Waals surface area contributed by atoms with E-state index in [0.29, 0.717) is 31.4 Å². The molecule has 1 fully saturated rings. The topological polar surface area (TPSA) is 69.6 Å². The SMILES string of the molecule is CC(=O)N1CC[C@H]2CC[C@@H](CN(C(=O)c3cnccn3)Cc3ccccc31)N2Cc1ccc(Cl)cc1. The highest BCUT2D eigenvalue weighted by Crippen LogP contribution is 2.33. The number of para-hydroxylation sites is 1. The van der Waals surface area contributed by atoms with Crippen LogP contribution in [0.3, 0.4) is 0 Å².